The minimum atomic E-state index is 0.433. The summed E-state index contributed by atoms with van der Waals surface area (Å²) in [5, 5.41) is 3.14. The van der Waals surface area contributed by atoms with Gasteiger partial charge >= 0.3 is 0 Å². The van der Waals surface area contributed by atoms with E-state index in [0.717, 1.165) is 43.2 Å². The quantitative estimate of drug-likeness (QED) is 0.613. The first-order chi connectivity index (χ1) is 12.6. The molecule has 2 aliphatic heterocycles. The fourth-order valence-electron chi connectivity index (χ4n) is 3.40. The highest BCUT2D eigenvalue weighted by Crippen LogP contribution is 2.32. The lowest BCUT2D eigenvalue weighted by Crippen LogP contribution is -2.42. The maximum absolute atomic E-state index is 6.03. The molecule has 144 valence electrons. The highest BCUT2D eigenvalue weighted by Gasteiger charge is 2.19. The highest BCUT2D eigenvalue weighted by molar-refractivity contribution is 5.92. The van der Waals surface area contributed by atoms with Gasteiger partial charge in [-0.2, -0.15) is 0 Å². The maximum Gasteiger partial charge on any atom is 0.193 e. The van der Waals surface area contributed by atoms with Gasteiger partial charge in [0, 0.05) is 30.8 Å². The molecular weight excluding hydrogens is 330 g/mol. The van der Waals surface area contributed by atoms with Crippen LogP contribution in [-0.2, 0) is 0 Å². The Bertz CT molecular complexity index is 612. The predicted molar refractivity (Wildman–Crippen MR) is 105 cm³/mol. The minimum Gasteiger partial charge on any atom is -0.490 e. The van der Waals surface area contributed by atoms with Crippen molar-refractivity contribution in [2.45, 2.75) is 25.3 Å². The number of nitrogens with two attached hydrogens (primary N) is 1. The SMILES string of the molecule is CN(C)C1CCN(CCN=C(N)Nc2ccc3c(c2)OCCCO3)CC1. The molecule has 2 aliphatic rings. The highest BCUT2D eigenvalue weighted by atomic mass is 16.5. The summed E-state index contributed by atoms with van der Waals surface area (Å²) in [5.41, 5.74) is 6.89. The van der Waals surface area contributed by atoms with Gasteiger partial charge in [-0.25, -0.2) is 0 Å². The van der Waals surface area contributed by atoms with E-state index in [2.05, 4.69) is 34.2 Å². The fraction of sp³-hybridized carbons (Fsp3) is 0.632. The van der Waals surface area contributed by atoms with Crippen LogP contribution in [-0.4, -0.2) is 75.3 Å². The average molecular weight is 361 g/mol. The van der Waals surface area contributed by atoms with E-state index in [9.17, 15) is 0 Å². The molecule has 0 bridgehead atoms. The lowest BCUT2D eigenvalue weighted by molar-refractivity contribution is 0.148. The summed E-state index contributed by atoms with van der Waals surface area (Å²) >= 11 is 0. The molecule has 1 saturated heterocycles. The largest absolute Gasteiger partial charge is 0.490 e. The van der Waals surface area contributed by atoms with E-state index in [1.54, 1.807) is 0 Å². The van der Waals surface area contributed by atoms with Crippen molar-refractivity contribution in [3.05, 3.63) is 18.2 Å². The monoisotopic (exact) mass is 361 g/mol. The smallest absolute Gasteiger partial charge is 0.193 e. The molecular formula is C19H31N5O2. The Labute approximate surface area is 156 Å². The molecule has 0 radical (unpaired) electrons. The van der Waals surface area contributed by atoms with Crippen LogP contribution in [0, 0.1) is 0 Å². The molecule has 3 N–H and O–H groups in total. The molecule has 0 atom stereocenters. The number of aliphatic imine (C=N–C) groups is 1. The van der Waals surface area contributed by atoms with E-state index in [-0.39, 0.29) is 0 Å². The summed E-state index contributed by atoms with van der Waals surface area (Å²) in [7, 11) is 4.33. The number of nitrogens with one attached hydrogen (secondary N) is 1. The topological polar surface area (TPSA) is 75.4 Å². The third-order valence-electron chi connectivity index (χ3n) is 5.01. The normalized spacial score (nSPS) is 19.4. The summed E-state index contributed by atoms with van der Waals surface area (Å²) in [5.74, 6) is 1.97. The number of anilines is 1. The molecule has 0 amide bonds. The number of nitrogens with zero attached hydrogens (tertiary/aromatic N) is 3. The van der Waals surface area contributed by atoms with Crippen LogP contribution in [0.1, 0.15) is 19.3 Å². The van der Waals surface area contributed by atoms with Gasteiger partial charge in [0.25, 0.3) is 0 Å². The lowest BCUT2D eigenvalue weighted by atomic mass is 10.0. The molecule has 0 spiro atoms. The van der Waals surface area contributed by atoms with Gasteiger partial charge in [0.2, 0.25) is 0 Å². The number of hydrogen-bond acceptors (Lipinski definition) is 5. The molecule has 1 aromatic carbocycles. The maximum atomic E-state index is 6.03. The predicted octanol–water partition coefficient (Wildman–Crippen LogP) is 1.60. The van der Waals surface area contributed by atoms with Crippen LogP contribution >= 0.6 is 0 Å². The van der Waals surface area contributed by atoms with Crippen LogP contribution in [0.5, 0.6) is 11.5 Å². The van der Waals surface area contributed by atoms with Crippen molar-refractivity contribution in [1.82, 2.24) is 9.80 Å². The Balaban J connectivity index is 1.45. The summed E-state index contributed by atoms with van der Waals surface area (Å²) < 4.78 is 11.3. The van der Waals surface area contributed by atoms with Crippen molar-refractivity contribution in [3.63, 3.8) is 0 Å². The van der Waals surface area contributed by atoms with Crippen molar-refractivity contribution >= 4 is 11.6 Å². The van der Waals surface area contributed by atoms with Gasteiger partial charge in [0.1, 0.15) is 0 Å². The number of ether oxygens (including phenoxy) is 2. The first-order valence-corrected chi connectivity index (χ1v) is 9.47. The Morgan fingerprint density at radius 3 is 2.69 bits per heavy atom. The van der Waals surface area contributed by atoms with Gasteiger partial charge in [-0.1, -0.05) is 0 Å². The third kappa shape index (κ3) is 5.25. The number of benzene rings is 1. The van der Waals surface area contributed by atoms with Crippen LogP contribution in [0.15, 0.2) is 23.2 Å². The van der Waals surface area contributed by atoms with Gasteiger partial charge in [0.05, 0.1) is 19.8 Å². The van der Waals surface area contributed by atoms with Crippen LogP contribution in [0.25, 0.3) is 0 Å². The van der Waals surface area contributed by atoms with E-state index in [4.69, 9.17) is 15.2 Å². The van der Waals surface area contributed by atoms with Crippen molar-refractivity contribution < 1.29 is 9.47 Å². The summed E-state index contributed by atoms with van der Waals surface area (Å²) in [6.45, 7) is 5.28. The molecule has 0 aromatic heterocycles. The molecule has 7 nitrogen and oxygen atoms in total. The second-order valence-electron chi connectivity index (χ2n) is 7.14. The minimum absolute atomic E-state index is 0.433. The molecule has 3 rings (SSSR count). The molecule has 2 heterocycles. The van der Waals surface area contributed by atoms with E-state index in [0.29, 0.717) is 31.8 Å². The molecule has 7 heteroatoms. The van der Waals surface area contributed by atoms with Gasteiger partial charge in [-0.15, -0.1) is 0 Å². The Morgan fingerprint density at radius 1 is 1.23 bits per heavy atom. The third-order valence-corrected chi connectivity index (χ3v) is 5.01. The second-order valence-corrected chi connectivity index (χ2v) is 7.14. The van der Waals surface area contributed by atoms with Gasteiger partial charge in [-0.05, 0) is 52.2 Å². The zero-order chi connectivity index (χ0) is 18.4. The first-order valence-electron chi connectivity index (χ1n) is 9.47. The van der Waals surface area contributed by atoms with Gasteiger partial charge in [-0.3, -0.25) is 4.99 Å². The molecule has 0 unspecified atom stereocenters. The molecule has 26 heavy (non-hydrogen) atoms. The Kier molecular flexibility index (Phi) is 6.57. The van der Waals surface area contributed by atoms with Crippen molar-refractivity contribution in [2.75, 3.05) is 58.8 Å². The standard InChI is InChI=1S/C19H31N5O2/c1-23(2)16-6-9-24(10-7-16)11-8-21-19(20)22-15-4-5-17-18(14-15)26-13-3-12-25-17/h4-5,14,16H,3,6-13H2,1-2H3,(H3,20,21,22). The van der Waals surface area contributed by atoms with Gasteiger partial charge < -0.3 is 30.3 Å². The number of likely N-dealkylation sites (tertiary alicyclic amines) is 1. The zero-order valence-electron chi connectivity index (χ0n) is 15.9. The molecule has 1 aromatic rings. The van der Waals surface area contributed by atoms with Crippen LogP contribution in [0.3, 0.4) is 0 Å². The summed E-state index contributed by atoms with van der Waals surface area (Å²) in [6, 6.07) is 6.46. The second kappa shape index (κ2) is 9.09. The first kappa shape index (κ1) is 18.8. The fourth-order valence-corrected chi connectivity index (χ4v) is 3.40. The Morgan fingerprint density at radius 2 is 1.96 bits per heavy atom. The average Bonchev–Trinajstić information content (AvgIpc) is 2.87. The van der Waals surface area contributed by atoms with Crippen molar-refractivity contribution in [3.8, 4) is 11.5 Å². The number of guanidine groups is 1. The van der Waals surface area contributed by atoms with Crippen LogP contribution in [0.4, 0.5) is 5.69 Å². The Hall–Kier alpha value is -1.99. The molecule has 0 saturated carbocycles. The van der Waals surface area contributed by atoms with Crippen LogP contribution in [0.2, 0.25) is 0 Å². The van der Waals surface area contributed by atoms with E-state index in [1.807, 2.05) is 18.2 Å². The van der Waals surface area contributed by atoms with E-state index >= 15 is 0 Å². The number of fused-ring (bicyclic) bond motifs is 1. The van der Waals surface area contributed by atoms with Gasteiger partial charge in [0.15, 0.2) is 17.5 Å². The molecule has 1 fully saturated rings. The summed E-state index contributed by atoms with van der Waals surface area (Å²) in [6.07, 6.45) is 3.34. The number of hydrogen-bond donors (Lipinski definition) is 2. The van der Waals surface area contributed by atoms with Crippen LogP contribution < -0.4 is 20.5 Å². The summed E-state index contributed by atoms with van der Waals surface area (Å²) in [4.78, 5) is 9.25. The zero-order valence-corrected chi connectivity index (χ0v) is 15.9. The van der Waals surface area contributed by atoms with E-state index in [1.165, 1.54) is 12.8 Å². The van der Waals surface area contributed by atoms with Crippen molar-refractivity contribution in [1.29, 1.82) is 0 Å². The van der Waals surface area contributed by atoms with Crippen molar-refractivity contribution in [2.24, 2.45) is 10.7 Å². The lowest BCUT2D eigenvalue weighted by Gasteiger charge is -2.34. The van der Waals surface area contributed by atoms with E-state index < -0.39 is 0 Å². The molecule has 0 aliphatic carbocycles. The number of piperidine rings is 1. The number of rotatable bonds is 5.